The number of furan rings is 1. The highest BCUT2D eigenvalue weighted by molar-refractivity contribution is 6.23. The first-order valence-electron chi connectivity index (χ1n) is 17.9. The van der Waals surface area contributed by atoms with Crippen LogP contribution in [0.4, 0.5) is 0 Å². The Labute approximate surface area is 293 Å². The first-order chi connectivity index (χ1) is 24.4. The van der Waals surface area contributed by atoms with E-state index < -0.39 is 5.41 Å². The molecule has 0 unspecified atom stereocenters. The second-order valence-electron chi connectivity index (χ2n) is 16.8. The third-order valence-electron chi connectivity index (χ3n) is 12.0. The molecule has 3 aromatic heterocycles. The van der Waals surface area contributed by atoms with Gasteiger partial charge in [0.25, 0.3) is 0 Å². The molecule has 9 aromatic rings. The van der Waals surface area contributed by atoms with Crippen LogP contribution < -0.4 is 10.9 Å². The van der Waals surface area contributed by atoms with E-state index in [0.29, 0.717) is 38.2 Å². The van der Waals surface area contributed by atoms with E-state index in [9.17, 15) is 0 Å². The summed E-state index contributed by atoms with van der Waals surface area (Å²) in [5, 5.41) is 4.03. The van der Waals surface area contributed by atoms with Crippen LogP contribution in [0.5, 0.6) is 0 Å². The molecule has 1 aliphatic heterocycles. The molecule has 11 rings (SSSR count). The van der Waals surface area contributed by atoms with Crippen molar-refractivity contribution < 1.29 is 4.42 Å². The van der Waals surface area contributed by atoms with Gasteiger partial charge in [-0.2, -0.15) is 0 Å². The molecule has 0 saturated carbocycles. The Bertz CT molecular complexity index is 3130. The summed E-state index contributed by atoms with van der Waals surface area (Å²) in [7, 11) is 0. The molecular weight excluding hydrogens is 627 g/mol. The smallest absolute Gasteiger partial charge is 0.201 e. The second-order valence-corrected chi connectivity index (χ2v) is 16.8. The molecule has 1 spiro atoms. The summed E-state index contributed by atoms with van der Waals surface area (Å²) in [4.78, 5) is 30.6. The summed E-state index contributed by atoms with van der Waals surface area (Å²) < 4.78 is 8.83. The van der Waals surface area contributed by atoms with Gasteiger partial charge >= 0.3 is 0 Å². The average molecular weight is 662 g/mol. The Morgan fingerprint density at radius 1 is 0.510 bits per heavy atom. The molecule has 4 heteroatoms. The van der Waals surface area contributed by atoms with E-state index in [1.807, 2.05) is 30.3 Å². The van der Waals surface area contributed by atoms with Gasteiger partial charge in [0.2, 0.25) is 5.43 Å². The molecule has 0 bridgehead atoms. The van der Waals surface area contributed by atoms with Crippen LogP contribution in [0.3, 0.4) is 0 Å². The van der Waals surface area contributed by atoms with Crippen molar-refractivity contribution in [2.75, 3.05) is 0 Å². The minimum Gasteiger partial charge on any atom is -0.455 e. The summed E-state index contributed by atoms with van der Waals surface area (Å²) in [6, 6.07) is 36.2. The lowest BCUT2D eigenvalue weighted by Crippen LogP contribution is -2.35. The zero-order chi connectivity index (χ0) is 34.9. The van der Waals surface area contributed by atoms with E-state index in [1.54, 1.807) is 0 Å². The van der Waals surface area contributed by atoms with E-state index in [-0.39, 0.29) is 21.7 Å². The fraction of sp³-hybridized carbons (Fsp3) is 0.191. The maximum atomic E-state index is 15.4. The van der Waals surface area contributed by atoms with Gasteiger partial charge in [-0.05, 0) is 79.6 Å². The van der Waals surface area contributed by atoms with E-state index in [0.717, 1.165) is 44.1 Å². The summed E-state index contributed by atoms with van der Waals surface area (Å²) >= 11 is 0. The fourth-order valence-corrected chi connectivity index (χ4v) is 9.58. The van der Waals surface area contributed by atoms with Crippen LogP contribution in [-0.2, 0) is 16.2 Å². The number of hydrogen-bond acceptors (Lipinski definition) is 3. The normalized spacial score (nSPS) is 14.8. The van der Waals surface area contributed by atoms with Crippen molar-refractivity contribution in [1.82, 2.24) is 4.40 Å². The number of aromatic nitrogens is 1. The summed E-state index contributed by atoms with van der Waals surface area (Å²) in [6.07, 6.45) is 0. The predicted octanol–water partition coefficient (Wildman–Crippen LogP) is 10.7. The minimum absolute atomic E-state index is 0.0576. The molecule has 4 nitrogen and oxygen atoms in total. The van der Waals surface area contributed by atoms with Crippen LogP contribution in [0, 0.1) is 0 Å². The molecule has 0 fully saturated rings. The van der Waals surface area contributed by atoms with Crippen molar-refractivity contribution in [3.63, 3.8) is 0 Å². The summed E-state index contributed by atoms with van der Waals surface area (Å²) in [5.41, 5.74) is 11.3. The average Bonchev–Trinajstić information content (AvgIpc) is 3.63. The number of rotatable bonds is 0. The SMILES string of the molecule is CC(C)(C)c1cc2c3c(c1)c(=O)c1cc4c5ccccc5oc4c4c(=O)c5cc(C(C)(C)C)cc(c5n3c14)C21c2ccccc2-c2ccccc21. The molecule has 0 atom stereocenters. The van der Waals surface area contributed by atoms with Gasteiger partial charge in [0, 0.05) is 26.9 Å². The number of hydrogen-bond donors (Lipinski definition) is 0. The molecule has 4 heterocycles. The zero-order valence-corrected chi connectivity index (χ0v) is 29.5. The monoisotopic (exact) mass is 661 g/mol. The molecule has 0 radical (unpaired) electrons. The van der Waals surface area contributed by atoms with Gasteiger partial charge in [-0.25, -0.2) is 0 Å². The van der Waals surface area contributed by atoms with Gasteiger partial charge < -0.3 is 8.82 Å². The molecule has 246 valence electrons. The Morgan fingerprint density at radius 2 is 1.02 bits per heavy atom. The summed E-state index contributed by atoms with van der Waals surface area (Å²) in [6.45, 7) is 13.3. The highest BCUT2D eigenvalue weighted by Crippen LogP contribution is 2.61. The molecule has 6 aromatic carbocycles. The first kappa shape index (κ1) is 29.0. The maximum Gasteiger partial charge on any atom is 0.201 e. The quantitative estimate of drug-likeness (QED) is 0.120. The summed E-state index contributed by atoms with van der Waals surface area (Å²) in [5.74, 6) is 0. The van der Waals surface area contributed by atoms with Gasteiger partial charge in [0.1, 0.15) is 11.2 Å². The number of pyridine rings is 2. The predicted molar refractivity (Wildman–Crippen MR) is 209 cm³/mol. The van der Waals surface area contributed by atoms with Crippen LogP contribution in [0.1, 0.15) is 74.9 Å². The van der Waals surface area contributed by atoms with Crippen LogP contribution in [-0.4, -0.2) is 4.40 Å². The Balaban J connectivity index is 1.53. The number of nitrogens with zero attached hydrogens (tertiary/aromatic N) is 1. The molecule has 1 aliphatic carbocycles. The van der Waals surface area contributed by atoms with E-state index >= 15 is 9.59 Å². The highest BCUT2D eigenvalue weighted by atomic mass is 16.3. The lowest BCUT2D eigenvalue weighted by atomic mass is 9.63. The first-order valence-corrected chi connectivity index (χ1v) is 17.9. The molecular formula is C47H35NO3. The lowest BCUT2D eigenvalue weighted by Gasteiger charge is -2.41. The van der Waals surface area contributed by atoms with Crippen molar-refractivity contribution in [3.8, 4) is 11.1 Å². The number of fused-ring (bicyclic) bond motifs is 11. The van der Waals surface area contributed by atoms with Crippen LogP contribution in [0.25, 0.3) is 71.2 Å². The molecule has 0 N–H and O–H groups in total. The third kappa shape index (κ3) is 3.28. The molecule has 51 heavy (non-hydrogen) atoms. The number of benzene rings is 6. The van der Waals surface area contributed by atoms with Crippen molar-refractivity contribution in [2.45, 2.75) is 57.8 Å². The second kappa shape index (κ2) is 8.94. The van der Waals surface area contributed by atoms with Crippen LogP contribution in [0.2, 0.25) is 0 Å². The Kier molecular flexibility index (Phi) is 5.09. The Hall–Kier alpha value is -5.74. The van der Waals surface area contributed by atoms with Crippen molar-refractivity contribution in [3.05, 3.63) is 157 Å². The zero-order valence-electron chi connectivity index (χ0n) is 29.5. The van der Waals surface area contributed by atoms with Crippen molar-refractivity contribution >= 4 is 60.0 Å². The third-order valence-corrected chi connectivity index (χ3v) is 12.0. The van der Waals surface area contributed by atoms with E-state index in [4.69, 9.17) is 4.42 Å². The van der Waals surface area contributed by atoms with Crippen LogP contribution in [0.15, 0.2) is 117 Å². The number of para-hydroxylation sites is 1. The van der Waals surface area contributed by atoms with Gasteiger partial charge in [0.15, 0.2) is 5.43 Å². The standard InChI is InChI=1S/C47H35NO3/c1-45(2,3)24-19-30-39-35(21-24)47(33-16-10-7-13-26(33)27-14-8-11-17-34(27)47)36-22-25(46(4,5)6)20-31-40(36)48(39)41-32(42(30)49)23-29-28-15-9-12-18-37(28)51-44(29)38(41)43(31)50/h7-23H,1-6H3. The molecule has 0 saturated heterocycles. The van der Waals surface area contributed by atoms with Gasteiger partial charge in [-0.3, -0.25) is 9.59 Å². The largest absolute Gasteiger partial charge is 0.455 e. The molecule has 2 aliphatic rings. The van der Waals surface area contributed by atoms with Crippen LogP contribution >= 0.6 is 0 Å². The fourth-order valence-electron chi connectivity index (χ4n) is 9.58. The van der Waals surface area contributed by atoms with Crippen molar-refractivity contribution in [1.29, 1.82) is 0 Å². The van der Waals surface area contributed by atoms with Gasteiger partial charge in [0.05, 0.1) is 27.4 Å². The molecule has 0 amide bonds. The minimum atomic E-state index is -0.764. The van der Waals surface area contributed by atoms with Gasteiger partial charge in [-0.1, -0.05) is 120 Å². The lowest BCUT2D eigenvalue weighted by molar-refractivity contribution is 0.586. The highest BCUT2D eigenvalue weighted by Gasteiger charge is 2.51. The topological polar surface area (TPSA) is 51.7 Å². The van der Waals surface area contributed by atoms with E-state index in [2.05, 4.69) is 119 Å². The van der Waals surface area contributed by atoms with Gasteiger partial charge in [-0.15, -0.1) is 0 Å². The Morgan fingerprint density at radius 3 is 1.61 bits per heavy atom. The van der Waals surface area contributed by atoms with Crippen molar-refractivity contribution in [2.24, 2.45) is 0 Å². The van der Waals surface area contributed by atoms with E-state index in [1.165, 1.54) is 22.3 Å². The maximum absolute atomic E-state index is 15.4.